The van der Waals surface area contributed by atoms with Crippen molar-refractivity contribution in [3.63, 3.8) is 0 Å². The molecule has 106 valence electrons. The molecule has 0 amide bonds. The fourth-order valence-electron chi connectivity index (χ4n) is 2.56. The molecule has 0 aliphatic carbocycles. The van der Waals surface area contributed by atoms with Crippen molar-refractivity contribution in [2.75, 3.05) is 31.1 Å². The number of aromatic nitrogens is 2. The van der Waals surface area contributed by atoms with Crippen LogP contribution >= 0.6 is 0 Å². The number of hydrogen-bond acceptors (Lipinski definition) is 5. The van der Waals surface area contributed by atoms with Gasteiger partial charge in [0, 0.05) is 26.7 Å². The summed E-state index contributed by atoms with van der Waals surface area (Å²) in [5.74, 6) is 0.650. The minimum absolute atomic E-state index is 0.186. The lowest BCUT2D eigenvalue weighted by molar-refractivity contribution is -0.384. The number of nitrogens with zero attached hydrogens (tertiary/aromatic N) is 4. The first-order valence-corrected chi connectivity index (χ1v) is 6.81. The number of hydrogen-bond donors (Lipinski definition) is 1. The molecule has 0 bridgehead atoms. The fourth-order valence-corrected chi connectivity index (χ4v) is 2.56. The highest BCUT2D eigenvalue weighted by Crippen LogP contribution is 2.32. The lowest BCUT2D eigenvalue weighted by Gasteiger charge is -2.20. The Balaban J connectivity index is 2.39. The summed E-state index contributed by atoms with van der Waals surface area (Å²) < 4.78 is 1.66. The van der Waals surface area contributed by atoms with E-state index in [0.29, 0.717) is 17.9 Å². The number of anilines is 1. The van der Waals surface area contributed by atoms with Crippen molar-refractivity contribution >= 4 is 11.5 Å². The monoisotopic (exact) mass is 267 g/mol. The molecule has 1 N–H and O–H groups in total. The molecule has 2 rings (SSSR count). The van der Waals surface area contributed by atoms with Crippen LogP contribution < -0.4 is 10.2 Å². The molecule has 7 nitrogen and oxygen atoms in total. The minimum atomic E-state index is -0.286. The van der Waals surface area contributed by atoms with Crippen molar-refractivity contribution < 1.29 is 4.92 Å². The maximum Gasteiger partial charge on any atom is 0.334 e. The second-order valence-corrected chi connectivity index (χ2v) is 4.84. The Morgan fingerprint density at radius 3 is 2.89 bits per heavy atom. The standard InChI is InChI=1S/C12H21N5O2/c1-3-5-10-11(17(18)19)12(15(2)14-10)16-8-4-6-13-7-9-16/h13H,3-9H2,1-2H3. The number of rotatable bonds is 4. The maximum atomic E-state index is 11.4. The SMILES string of the molecule is CCCc1nn(C)c(N2CCCNCC2)c1[N+](=O)[O-]. The highest BCUT2D eigenvalue weighted by molar-refractivity contribution is 5.61. The Labute approximate surface area is 112 Å². The first-order valence-electron chi connectivity index (χ1n) is 6.81. The topological polar surface area (TPSA) is 76.2 Å². The van der Waals surface area contributed by atoms with Crippen LogP contribution in [-0.2, 0) is 13.5 Å². The molecule has 1 aliphatic heterocycles. The van der Waals surface area contributed by atoms with Crippen molar-refractivity contribution in [2.24, 2.45) is 7.05 Å². The molecule has 1 aromatic rings. The molecule has 19 heavy (non-hydrogen) atoms. The van der Waals surface area contributed by atoms with Gasteiger partial charge in [0.05, 0.1) is 4.92 Å². The molecule has 0 atom stereocenters. The van der Waals surface area contributed by atoms with Crippen LogP contribution in [0, 0.1) is 10.1 Å². The van der Waals surface area contributed by atoms with E-state index in [9.17, 15) is 10.1 Å². The molecule has 0 saturated carbocycles. The van der Waals surface area contributed by atoms with Gasteiger partial charge in [0.25, 0.3) is 0 Å². The zero-order valence-corrected chi connectivity index (χ0v) is 11.6. The quantitative estimate of drug-likeness (QED) is 0.652. The summed E-state index contributed by atoms with van der Waals surface area (Å²) in [7, 11) is 1.79. The van der Waals surface area contributed by atoms with Gasteiger partial charge in [-0.25, -0.2) is 4.68 Å². The molecule has 0 spiro atoms. The average Bonchev–Trinajstić information content (AvgIpc) is 2.55. The van der Waals surface area contributed by atoms with Gasteiger partial charge >= 0.3 is 5.69 Å². The molecule has 1 aromatic heterocycles. The molecular formula is C12H21N5O2. The molecule has 0 radical (unpaired) electrons. The summed E-state index contributed by atoms with van der Waals surface area (Å²) in [6.45, 7) is 5.44. The van der Waals surface area contributed by atoms with Crippen LogP contribution in [0.1, 0.15) is 25.5 Å². The highest BCUT2D eigenvalue weighted by atomic mass is 16.6. The van der Waals surface area contributed by atoms with Gasteiger partial charge in [0.2, 0.25) is 5.82 Å². The van der Waals surface area contributed by atoms with Gasteiger partial charge in [-0.15, -0.1) is 0 Å². The van der Waals surface area contributed by atoms with Crippen molar-refractivity contribution in [1.29, 1.82) is 0 Å². The Morgan fingerprint density at radius 2 is 2.21 bits per heavy atom. The van der Waals surface area contributed by atoms with Gasteiger partial charge in [-0.1, -0.05) is 13.3 Å². The molecule has 2 heterocycles. The van der Waals surface area contributed by atoms with E-state index in [-0.39, 0.29) is 10.6 Å². The van der Waals surface area contributed by atoms with Crippen LogP contribution in [0.15, 0.2) is 0 Å². The number of nitrogens with one attached hydrogen (secondary N) is 1. The maximum absolute atomic E-state index is 11.4. The van der Waals surface area contributed by atoms with E-state index in [1.807, 2.05) is 6.92 Å². The van der Waals surface area contributed by atoms with E-state index in [1.54, 1.807) is 11.7 Å². The molecule has 1 saturated heterocycles. The number of nitro groups is 1. The van der Waals surface area contributed by atoms with Crippen molar-refractivity contribution in [3.8, 4) is 0 Å². The Morgan fingerprint density at radius 1 is 1.42 bits per heavy atom. The lowest BCUT2D eigenvalue weighted by atomic mass is 10.2. The van der Waals surface area contributed by atoms with E-state index in [2.05, 4.69) is 15.3 Å². The van der Waals surface area contributed by atoms with Gasteiger partial charge in [-0.2, -0.15) is 5.10 Å². The van der Waals surface area contributed by atoms with Crippen molar-refractivity contribution in [1.82, 2.24) is 15.1 Å². The van der Waals surface area contributed by atoms with Gasteiger partial charge in [-0.3, -0.25) is 10.1 Å². The molecule has 7 heteroatoms. The van der Waals surface area contributed by atoms with Crippen molar-refractivity contribution in [2.45, 2.75) is 26.2 Å². The second-order valence-electron chi connectivity index (χ2n) is 4.84. The predicted molar refractivity (Wildman–Crippen MR) is 73.6 cm³/mol. The van der Waals surface area contributed by atoms with Gasteiger partial charge < -0.3 is 10.2 Å². The normalized spacial score (nSPS) is 16.4. The van der Waals surface area contributed by atoms with E-state index < -0.39 is 0 Å². The Bertz CT molecular complexity index is 449. The summed E-state index contributed by atoms with van der Waals surface area (Å²) in [6, 6.07) is 0. The third kappa shape index (κ3) is 2.86. The van der Waals surface area contributed by atoms with Crippen LogP contribution in [0.3, 0.4) is 0 Å². The van der Waals surface area contributed by atoms with Crippen LogP contribution in [0.2, 0.25) is 0 Å². The number of aryl methyl sites for hydroxylation is 2. The van der Waals surface area contributed by atoms with Gasteiger partial charge in [0.15, 0.2) is 0 Å². The second kappa shape index (κ2) is 6.01. The zero-order valence-electron chi connectivity index (χ0n) is 11.6. The summed E-state index contributed by atoms with van der Waals surface area (Å²) >= 11 is 0. The minimum Gasteiger partial charge on any atom is -0.350 e. The highest BCUT2D eigenvalue weighted by Gasteiger charge is 2.30. The molecule has 1 aliphatic rings. The third-order valence-corrected chi connectivity index (χ3v) is 3.37. The van der Waals surface area contributed by atoms with E-state index >= 15 is 0 Å². The lowest BCUT2D eigenvalue weighted by Crippen LogP contribution is -2.30. The molecule has 0 aromatic carbocycles. The van der Waals surface area contributed by atoms with Crippen LogP contribution in [0.5, 0.6) is 0 Å². The smallest absolute Gasteiger partial charge is 0.334 e. The Kier molecular flexibility index (Phi) is 4.36. The third-order valence-electron chi connectivity index (χ3n) is 3.37. The summed E-state index contributed by atoms with van der Waals surface area (Å²) in [5, 5.41) is 19.0. The van der Waals surface area contributed by atoms with E-state index in [0.717, 1.165) is 39.0 Å². The van der Waals surface area contributed by atoms with Crippen LogP contribution in [0.4, 0.5) is 11.5 Å². The van der Waals surface area contributed by atoms with Crippen molar-refractivity contribution in [3.05, 3.63) is 15.8 Å². The molecule has 0 unspecified atom stereocenters. The van der Waals surface area contributed by atoms with Crippen LogP contribution in [-0.4, -0.2) is 40.9 Å². The Hall–Kier alpha value is -1.63. The summed E-state index contributed by atoms with van der Waals surface area (Å²) in [6.07, 6.45) is 2.50. The molecular weight excluding hydrogens is 246 g/mol. The first kappa shape index (κ1) is 13.8. The van der Waals surface area contributed by atoms with Gasteiger partial charge in [-0.05, 0) is 19.4 Å². The largest absolute Gasteiger partial charge is 0.350 e. The first-order chi connectivity index (χ1) is 9.15. The summed E-state index contributed by atoms with van der Waals surface area (Å²) in [5.41, 5.74) is 0.786. The summed E-state index contributed by atoms with van der Waals surface area (Å²) in [4.78, 5) is 13.2. The van der Waals surface area contributed by atoms with Crippen LogP contribution in [0.25, 0.3) is 0 Å². The zero-order chi connectivity index (χ0) is 13.8. The van der Waals surface area contributed by atoms with Gasteiger partial charge in [0.1, 0.15) is 5.69 Å². The predicted octanol–water partition coefficient (Wildman–Crippen LogP) is 1.08. The molecule has 1 fully saturated rings. The van der Waals surface area contributed by atoms with E-state index in [1.165, 1.54) is 0 Å². The average molecular weight is 267 g/mol. The van der Waals surface area contributed by atoms with E-state index in [4.69, 9.17) is 0 Å². The fraction of sp³-hybridized carbons (Fsp3) is 0.750.